The van der Waals surface area contributed by atoms with Gasteiger partial charge in [0.25, 0.3) is 0 Å². The first-order chi connectivity index (χ1) is 7.04. The SMILES string of the molecule is CCCC(C)(N)CNCC1(CCC)CC1. The lowest BCUT2D eigenvalue weighted by atomic mass is 9.96. The predicted octanol–water partition coefficient (Wildman–Crippen LogP) is 2.67. The largest absolute Gasteiger partial charge is 0.324 e. The molecular formula is C13H28N2. The standard InChI is InChI=1S/C13H28N2/c1-4-6-12(3,14)10-15-11-13(7-5-2)8-9-13/h15H,4-11,14H2,1-3H3. The van der Waals surface area contributed by atoms with E-state index in [2.05, 4.69) is 26.1 Å². The average Bonchev–Trinajstić information content (AvgIpc) is 2.85. The van der Waals surface area contributed by atoms with Gasteiger partial charge in [-0.05, 0) is 38.0 Å². The first kappa shape index (κ1) is 13.0. The Hall–Kier alpha value is -0.0800. The zero-order chi connectivity index (χ0) is 11.4. The quantitative estimate of drug-likeness (QED) is 0.649. The summed E-state index contributed by atoms with van der Waals surface area (Å²) in [5.41, 5.74) is 6.82. The van der Waals surface area contributed by atoms with E-state index in [4.69, 9.17) is 5.73 Å². The second-order valence-electron chi connectivity index (χ2n) is 5.76. The van der Waals surface area contributed by atoms with E-state index in [1.165, 1.54) is 38.6 Å². The van der Waals surface area contributed by atoms with E-state index >= 15 is 0 Å². The van der Waals surface area contributed by atoms with Gasteiger partial charge < -0.3 is 11.1 Å². The first-order valence-electron chi connectivity index (χ1n) is 6.53. The Balaban J connectivity index is 2.15. The zero-order valence-electron chi connectivity index (χ0n) is 10.7. The van der Waals surface area contributed by atoms with Gasteiger partial charge in [0.15, 0.2) is 0 Å². The molecule has 0 aliphatic heterocycles. The third-order valence-electron chi connectivity index (χ3n) is 3.59. The molecule has 1 rings (SSSR count). The van der Waals surface area contributed by atoms with E-state index in [9.17, 15) is 0 Å². The van der Waals surface area contributed by atoms with Gasteiger partial charge in [-0.3, -0.25) is 0 Å². The Morgan fingerprint density at radius 3 is 2.40 bits per heavy atom. The van der Waals surface area contributed by atoms with Crippen LogP contribution in [0.2, 0.25) is 0 Å². The normalized spacial score (nSPS) is 22.4. The van der Waals surface area contributed by atoms with E-state index in [1.54, 1.807) is 0 Å². The molecule has 90 valence electrons. The van der Waals surface area contributed by atoms with Gasteiger partial charge in [0.1, 0.15) is 0 Å². The van der Waals surface area contributed by atoms with Crippen LogP contribution < -0.4 is 11.1 Å². The van der Waals surface area contributed by atoms with Crippen LogP contribution in [0, 0.1) is 5.41 Å². The highest BCUT2D eigenvalue weighted by Gasteiger charge is 2.40. The summed E-state index contributed by atoms with van der Waals surface area (Å²) in [5, 5.41) is 3.57. The maximum atomic E-state index is 6.19. The summed E-state index contributed by atoms with van der Waals surface area (Å²) in [4.78, 5) is 0. The molecule has 0 aromatic carbocycles. The smallest absolute Gasteiger partial charge is 0.0252 e. The third-order valence-corrected chi connectivity index (χ3v) is 3.59. The third kappa shape index (κ3) is 4.52. The van der Waals surface area contributed by atoms with Gasteiger partial charge in [-0.25, -0.2) is 0 Å². The molecule has 0 aromatic heterocycles. The Labute approximate surface area is 95.0 Å². The minimum atomic E-state index is -0.0168. The average molecular weight is 212 g/mol. The molecule has 1 aliphatic rings. The number of nitrogens with one attached hydrogen (secondary N) is 1. The van der Waals surface area contributed by atoms with E-state index in [0.29, 0.717) is 5.41 Å². The van der Waals surface area contributed by atoms with E-state index in [1.807, 2.05) is 0 Å². The van der Waals surface area contributed by atoms with Crippen molar-refractivity contribution >= 4 is 0 Å². The Morgan fingerprint density at radius 2 is 1.93 bits per heavy atom. The molecule has 1 fully saturated rings. The Bertz CT molecular complexity index is 175. The van der Waals surface area contributed by atoms with Crippen LogP contribution in [-0.4, -0.2) is 18.6 Å². The van der Waals surface area contributed by atoms with Crippen molar-refractivity contribution in [2.45, 2.75) is 64.8 Å². The van der Waals surface area contributed by atoms with Gasteiger partial charge in [-0.1, -0.05) is 26.7 Å². The maximum absolute atomic E-state index is 6.19. The van der Waals surface area contributed by atoms with E-state index < -0.39 is 0 Å². The molecule has 0 spiro atoms. The molecule has 1 saturated carbocycles. The van der Waals surface area contributed by atoms with Crippen molar-refractivity contribution in [2.75, 3.05) is 13.1 Å². The van der Waals surface area contributed by atoms with Gasteiger partial charge in [-0.2, -0.15) is 0 Å². The highest BCUT2D eigenvalue weighted by molar-refractivity contribution is 4.95. The molecule has 1 aliphatic carbocycles. The fourth-order valence-electron chi connectivity index (χ4n) is 2.49. The fourth-order valence-corrected chi connectivity index (χ4v) is 2.49. The van der Waals surface area contributed by atoms with Crippen LogP contribution in [0.1, 0.15) is 59.3 Å². The van der Waals surface area contributed by atoms with Crippen molar-refractivity contribution < 1.29 is 0 Å². The minimum absolute atomic E-state index is 0.0168. The molecule has 0 heterocycles. The van der Waals surface area contributed by atoms with Gasteiger partial charge in [-0.15, -0.1) is 0 Å². The van der Waals surface area contributed by atoms with Crippen LogP contribution in [0.4, 0.5) is 0 Å². The molecule has 0 radical (unpaired) electrons. The van der Waals surface area contributed by atoms with Crippen molar-refractivity contribution in [1.82, 2.24) is 5.32 Å². The highest BCUT2D eigenvalue weighted by Crippen LogP contribution is 2.48. The first-order valence-corrected chi connectivity index (χ1v) is 6.53. The molecule has 2 heteroatoms. The van der Waals surface area contributed by atoms with Crippen LogP contribution in [0.5, 0.6) is 0 Å². The van der Waals surface area contributed by atoms with Crippen molar-refractivity contribution in [3.63, 3.8) is 0 Å². The minimum Gasteiger partial charge on any atom is -0.324 e. The van der Waals surface area contributed by atoms with Gasteiger partial charge >= 0.3 is 0 Å². The number of hydrogen-bond donors (Lipinski definition) is 2. The van der Waals surface area contributed by atoms with E-state index in [-0.39, 0.29) is 5.54 Å². The van der Waals surface area contributed by atoms with Crippen LogP contribution in [0.25, 0.3) is 0 Å². The predicted molar refractivity (Wildman–Crippen MR) is 66.9 cm³/mol. The van der Waals surface area contributed by atoms with Crippen LogP contribution in [0.15, 0.2) is 0 Å². The zero-order valence-corrected chi connectivity index (χ0v) is 10.7. The molecule has 1 unspecified atom stereocenters. The second kappa shape index (κ2) is 5.31. The summed E-state index contributed by atoms with van der Waals surface area (Å²) < 4.78 is 0. The summed E-state index contributed by atoms with van der Waals surface area (Å²) in [6.45, 7) is 8.78. The van der Waals surface area contributed by atoms with Crippen molar-refractivity contribution in [3.8, 4) is 0 Å². The molecule has 15 heavy (non-hydrogen) atoms. The van der Waals surface area contributed by atoms with Gasteiger partial charge in [0.2, 0.25) is 0 Å². The van der Waals surface area contributed by atoms with Crippen molar-refractivity contribution in [2.24, 2.45) is 11.1 Å². The molecule has 0 saturated heterocycles. The summed E-state index contributed by atoms with van der Waals surface area (Å²) in [7, 11) is 0. The Morgan fingerprint density at radius 1 is 1.27 bits per heavy atom. The van der Waals surface area contributed by atoms with Gasteiger partial charge in [0.05, 0.1) is 0 Å². The molecule has 0 bridgehead atoms. The van der Waals surface area contributed by atoms with E-state index in [0.717, 1.165) is 13.0 Å². The summed E-state index contributed by atoms with van der Waals surface area (Å²) >= 11 is 0. The van der Waals surface area contributed by atoms with Crippen LogP contribution in [0.3, 0.4) is 0 Å². The highest BCUT2D eigenvalue weighted by atomic mass is 14.9. The molecular weight excluding hydrogens is 184 g/mol. The topological polar surface area (TPSA) is 38.0 Å². The lowest BCUT2D eigenvalue weighted by Crippen LogP contribution is -2.47. The molecule has 0 amide bonds. The van der Waals surface area contributed by atoms with Crippen molar-refractivity contribution in [3.05, 3.63) is 0 Å². The number of hydrogen-bond acceptors (Lipinski definition) is 2. The summed E-state index contributed by atoms with van der Waals surface area (Å²) in [5.74, 6) is 0. The number of nitrogens with two attached hydrogens (primary N) is 1. The maximum Gasteiger partial charge on any atom is 0.0252 e. The molecule has 1 atom stereocenters. The molecule has 3 N–H and O–H groups in total. The lowest BCUT2D eigenvalue weighted by Gasteiger charge is -2.26. The van der Waals surface area contributed by atoms with Crippen LogP contribution in [-0.2, 0) is 0 Å². The van der Waals surface area contributed by atoms with Crippen molar-refractivity contribution in [1.29, 1.82) is 0 Å². The lowest BCUT2D eigenvalue weighted by molar-refractivity contribution is 0.356. The monoisotopic (exact) mass is 212 g/mol. The molecule has 2 nitrogen and oxygen atoms in total. The summed E-state index contributed by atoms with van der Waals surface area (Å²) in [6.07, 6.45) is 7.83. The molecule has 0 aromatic rings. The Kier molecular flexibility index (Phi) is 4.60. The fraction of sp³-hybridized carbons (Fsp3) is 1.00. The van der Waals surface area contributed by atoms with Crippen LogP contribution >= 0.6 is 0 Å². The second-order valence-corrected chi connectivity index (χ2v) is 5.76. The van der Waals surface area contributed by atoms with Gasteiger partial charge in [0, 0.05) is 18.6 Å². The number of rotatable bonds is 8. The summed E-state index contributed by atoms with van der Waals surface area (Å²) in [6, 6.07) is 0.